The molecule has 0 aliphatic heterocycles. The van der Waals surface area contributed by atoms with Gasteiger partial charge in [-0.25, -0.2) is 0 Å². The van der Waals surface area contributed by atoms with Gasteiger partial charge in [0.1, 0.15) is 0 Å². The number of benzene rings is 1. The molecule has 0 saturated heterocycles. The molecule has 1 unspecified atom stereocenters. The summed E-state index contributed by atoms with van der Waals surface area (Å²) in [7, 11) is 0. The summed E-state index contributed by atoms with van der Waals surface area (Å²) in [5, 5.41) is 13.3. The zero-order valence-corrected chi connectivity index (χ0v) is 13.1. The summed E-state index contributed by atoms with van der Waals surface area (Å²) in [5.41, 5.74) is -0.102. The average molecular weight is 330 g/mol. The number of likely N-dealkylation sites (N-methyl/N-ethyl adjacent to an activating group) is 1. The quantitative estimate of drug-likeness (QED) is 0.753. The number of hydrogen-bond acceptors (Lipinski definition) is 3. The summed E-state index contributed by atoms with van der Waals surface area (Å²) >= 11 is 5.39. The van der Waals surface area contributed by atoms with Gasteiger partial charge in [-0.15, -0.1) is 11.8 Å². The van der Waals surface area contributed by atoms with Crippen LogP contribution in [0.5, 0.6) is 0 Å². The van der Waals surface area contributed by atoms with Crippen LogP contribution < -0.4 is 5.32 Å². The number of aliphatic hydroxyl groups excluding tert-OH is 1. The van der Waals surface area contributed by atoms with E-state index in [9.17, 15) is 5.11 Å². The van der Waals surface area contributed by atoms with Crippen molar-refractivity contribution in [2.45, 2.75) is 30.2 Å². The Labute approximate surface area is 122 Å². The molecule has 0 spiro atoms. The van der Waals surface area contributed by atoms with Gasteiger partial charge in [0, 0.05) is 15.1 Å². The zero-order valence-electron chi connectivity index (χ0n) is 10.7. The van der Waals surface area contributed by atoms with E-state index in [0.717, 1.165) is 16.8 Å². The van der Waals surface area contributed by atoms with Crippen LogP contribution >= 0.6 is 27.7 Å². The van der Waals surface area contributed by atoms with Crippen LogP contribution in [0.15, 0.2) is 33.6 Å². The van der Waals surface area contributed by atoms with Gasteiger partial charge in [0.25, 0.3) is 0 Å². The third kappa shape index (κ3) is 3.29. The van der Waals surface area contributed by atoms with Crippen molar-refractivity contribution in [3.05, 3.63) is 28.7 Å². The minimum atomic E-state index is -0.102. The van der Waals surface area contributed by atoms with Gasteiger partial charge in [-0.1, -0.05) is 19.1 Å². The highest BCUT2D eigenvalue weighted by molar-refractivity contribution is 9.10. The number of nitrogens with one attached hydrogen (secondary N) is 1. The molecule has 1 aromatic carbocycles. The molecule has 1 fully saturated rings. The number of hydrogen-bond donors (Lipinski definition) is 2. The molecular formula is C14H20BrNOS. The summed E-state index contributed by atoms with van der Waals surface area (Å²) in [6.45, 7) is 3.24. The fraction of sp³-hybridized carbons (Fsp3) is 0.571. The van der Waals surface area contributed by atoms with E-state index in [4.69, 9.17) is 0 Å². The highest BCUT2D eigenvalue weighted by atomic mass is 79.9. The average Bonchev–Trinajstić information content (AvgIpc) is 3.21. The molecule has 1 aromatic rings. The molecule has 0 bridgehead atoms. The molecule has 1 atom stereocenters. The van der Waals surface area contributed by atoms with Crippen molar-refractivity contribution in [2.75, 3.05) is 18.9 Å². The molecule has 2 nitrogen and oxygen atoms in total. The normalized spacial score (nSPS) is 18.6. The summed E-state index contributed by atoms with van der Waals surface area (Å²) in [4.78, 5) is 1.24. The van der Waals surface area contributed by atoms with Gasteiger partial charge in [-0.05, 0) is 53.4 Å². The topological polar surface area (TPSA) is 32.3 Å². The Hall–Kier alpha value is -0.0300. The van der Waals surface area contributed by atoms with Crippen molar-refractivity contribution in [3.63, 3.8) is 0 Å². The molecule has 18 heavy (non-hydrogen) atoms. The minimum absolute atomic E-state index is 0.102. The lowest BCUT2D eigenvalue weighted by Crippen LogP contribution is -2.52. The lowest BCUT2D eigenvalue weighted by atomic mass is 9.97. The smallest absolute Gasteiger partial charge is 0.0624 e. The molecule has 100 valence electrons. The van der Waals surface area contributed by atoms with Crippen molar-refractivity contribution in [1.29, 1.82) is 0 Å². The fourth-order valence-electron chi connectivity index (χ4n) is 2.30. The van der Waals surface area contributed by atoms with Crippen molar-refractivity contribution in [3.8, 4) is 0 Å². The lowest BCUT2D eigenvalue weighted by molar-refractivity contribution is 0.161. The van der Waals surface area contributed by atoms with E-state index in [1.807, 2.05) is 17.8 Å². The Bertz CT molecular complexity index is 397. The third-order valence-corrected chi connectivity index (χ3v) is 5.77. The van der Waals surface area contributed by atoms with Crippen molar-refractivity contribution in [1.82, 2.24) is 5.32 Å². The summed E-state index contributed by atoms with van der Waals surface area (Å²) in [6, 6.07) is 8.26. The predicted octanol–water partition coefficient (Wildman–Crippen LogP) is 3.29. The SMILES string of the molecule is CCNC(CO)(CSc1ccccc1Br)C1CC1. The first-order valence-corrected chi connectivity index (χ1v) is 8.23. The maximum absolute atomic E-state index is 9.78. The van der Waals surface area contributed by atoms with Gasteiger partial charge in [0.2, 0.25) is 0 Å². The van der Waals surface area contributed by atoms with Crippen LogP contribution in [0.4, 0.5) is 0 Å². The number of aliphatic hydroxyl groups is 1. The Morgan fingerprint density at radius 1 is 1.44 bits per heavy atom. The molecule has 2 rings (SSSR count). The van der Waals surface area contributed by atoms with Crippen molar-refractivity contribution < 1.29 is 5.11 Å². The van der Waals surface area contributed by atoms with E-state index >= 15 is 0 Å². The zero-order chi connectivity index (χ0) is 13.0. The molecule has 1 aliphatic rings. The largest absolute Gasteiger partial charge is 0.394 e. The highest BCUT2D eigenvalue weighted by Gasteiger charge is 2.44. The number of thioether (sulfide) groups is 1. The second kappa shape index (κ2) is 6.42. The third-order valence-electron chi connectivity index (χ3n) is 3.49. The van der Waals surface area contributed by atoms with Crippen LogP contribution in [0, 0.1) is 5.92 Å². The van der Waals surface area contributed by atoms with Crippen LogP contribution in [0.25, 0.3) is 0 Å². The van der Waals surface area contributed by atoms with E-state index < -0.39 is 0 Å². The number of halogens is 1. The second-order valence-corrected chi connectivity index (χ2v) is 6.71. The van der Waals surface area contributed by atoms with Crippen molar-refractivity contribution in [2.24, 2.45) is 5.92 Å². The first-order chi connectivity index (χ1) is 8.72. The molecule has 0 heterocycles. The number of rotatable bonds is 7. The summed E-state index contributed by atoms with van der Waals surface area (Å²) < 4.78 is 1.13. The van der Waals surface area contributed by atoms with Gasteiger partial charge in [0.05, 0.1) is 12.1 Å². The second-order valence-electron chi connectivity index (χ2n) is 4.84. The lowest BCUT2D eigenvalue weighted by Gasteiger charge is -2.33. The molecule has 0 amide bonds. The van der Waals surface area contributed by atoms with Crippen molar-refractivity contribution >= 4 is 27.7 Å². The molecule has 1 aliphatic carbocycles. The predicted molar refractivity (Wildman–Crippen MR) is 81.1 cm³/mol. The van der Waals surface area contributed by atoms with Crippen LogP contribution in [-0.4, -0.2) is 29.5 Å². The Morgan fingerprint density at radius 2 is 2.17 bits per heavy atom. The van der Waals surface area contributed by atoms with Gasteiger partial charge in [-0.2, -0.15) is 0 Å². The van der Waals surface area contributed by atoms with E-state index in [0.29, 0.717) is 5.92 Å². The molecule has 1 saturated carbocycles. The van der Waals surface area contributed by atoms with Gasteiger partial charge < -0.3 is 10.4 Å². The Balaban J connectivity index is 2.03. The standard InChI is InChI=1S/C14H20BrNOS/c1-2-16-14(9-17,11-7-8-11)10-18-13-6-4-3-5-12(13)15/h3-6,11,16-17H,2,7-10H2,1H3. The van der Waals surface area contributed by atoms with E-state index in [1.54, 1.807) is 0 Å². The Kier molecular flexibility index (Phi) is 5.13. The molecule has 4 heteroatoms. The first kappa shape index (κ1) is 14.4. The Morgan fingerprint density at radius 3 is 2.72 bits per heavy atom. The summed E-state index contributed by atoms with van der Waals surface area (Å²) in [5.74, 6) is 1.56. The van der Waals surface area contributed by atoms with Crippen LogP contribution in [0.3, 0.4) is 0 Å². The maximum Gasteiger partial charge on any atom is 0.0624 e. The minimum Gasteiger partial charge on any atom is -0.394 e. The molecule has 0 radical (unpaired) electrons. The maximum atomic E-state index is 9.78. The van der Waals surface area contributed by atoms with E-state index in [1.165, 1.54) is 17.7 Å². The molecule has 0 aromatic heterocycles. The van der Waals surface area contributed by atoms with Gasteiger partial charge in [0.15, 0.2) is 0 Å². The van der Waals surface area contributed by atoms with E-state index in [-0.39, 0.29) is 12.1 Å². The highest BCUT2D eigenvalue weighted by Crippen LogP contribution is 2.42. The fourth-order valence-corrected chi connectivity index (χ4v) is 4.15. The monoisotopic (exact) mass is 329 g/mol. The van der Waals surface area contributed by atoms with Gasteiger partial charge in [-0.3, -0.25) is 0 Å². The van der Waals surface area contributed by atoms with Crippen LogP contribution in [-0.2, 0) is 0 Å². The molecule has 2 N–H and O–H groups in total. The summed E-state index contributed by atoms with van der Waals surface area (Å²) in [6.07, 6.45) is 2.48. The van der Waals surface area contributed by atoms with Crippen LogP contribution in [0.2, 0.25) is 0 Å². The van der Waals surface area contributed by atoms with Gasteiger partial charge >= 0.3 is 0 Å². The first-order valence-electron chi connectivity index (χ1n) is 6.45. The molecular weight excluding hydrogens is 310 g/mol. The van der Waals surface area contributed by atoms with E-state index in [2.05, 4.69) is 46.4 Å². The van der Waals surface area contributed by atoms with Crippen LogP contribution in [0.1, 0.15) is 19.8 Å².